The Morgan fingerprint density at radius 1 is 1.15 bits per heavy atom. The van der Waals surface area contributed by atoms with Crippen LogP contribution >= 0.6 is 0 Å². The molecule has 0 radical (unpaired) electrons. The number of ketones is 1. The van der Waals surface area contributed by atoms with E-state index in [2.05, 4.69) is 38.1 Å². The Bertz CT molecular complexity index is 559. The third kappa shape index (κ3) is 2.63. The zero-order valence-corrected chi connectivity index (χ0v) is 12.9. The van der Waals surface area contributed by atoms with Crippen LogP contribution in [0.3, 0.4) is 0 Å². The minimum atomic E-state index is -0.831. The smallest absolute Gasteiger partial charge is 0.158 e. The summed E-state index contributed by atoms with van der Waals surface area (Å²) in [6.07, 6.45) is 3.09. The molecule has 0 heterocycles. The third-order valence-corrected chi connectivity index (χ3v) is 4.46. The van der Waals surface area contributed by atoms with Gasteiger partial charge < -0.3 is 0 Å². The molecule has 2 nitrogen and oxygen atoms in total. The van der Waals surface area contributed by atoms with Gasteiger partial charge in [0.15, 0.2) is 5.78 Å². The summed E-state index contributed by atoms with van der Waals surface area (Å²) in [6.45, 7) is 8.06. The number of nitriles is 1. The predicted molar refractivity (Wildman–Crippen MR) is 80.3 cm³/mol. The molecule has 0 amide bonds. The molecule has 106 valence electrons. The first-order valence-corrected chi connectivity index (χ1v) is 7.32. The van der Waals surface area contributed by atoms with Crippen molar-refractivity contribution in [2.24, 2.45) is 10.8 Å². The number of hydrogen-bond acceptors (Lipinski definition) is 2. The molecule has 0 spiro atoms. The molecule has 2 rings (SSSR count). The van der Waals surface area contributed by atoms with E-state index in [4.69, 9.17) is 0 Å². The van der Waals surface area contributed by atoms with E-state index in [0.717, 1.165) is 18.4 Å². The van der Waals surface area contributed by atoms with Gasteiger partial charge in [-0.25, -0.2) is 0 Å². The average molecular weight is 269 g/mol. The largest absolute Gasteiger partial charge is 0.297 e. The van der Waals surface area contributed by atoms with Crippen molar-refractivity contribution in [1.29, 1.82) is 5.26 Å². The maximum atomic E-state index is 12.8. The minimum absolute atomic E-state index is 0.123. The first kappa shape index (κ1) is 14.8. The summed E-state index contributed by atoms with van der Waals surface area (Å²) in [5.74, 6) is 0.123. The van der Waals surface area contributed by atoms with Crippen molar-refractivity contribution in [3.63, 3.8) is 0 Å². The van der Waals surface area contributed by atoms with Crippen LogP contribution < -0.4 is 0 Å². The van der Waals surface area contributed by atoms with Gasteiger partial charge in [-0.3, -0.25) is 4.79 Å². The van der Waals surface area contributed by atoms with E-state index in [9.17, 15) is 10.1 Å². The fraction of sp³-hybridized carbons (Fsp3) is 0.556. The number of rotatable bonds is 2. The highest BCUT2D eigenvalue weighted by Gasteiger charge is 2.48. The second-order valence-corrected chi connectivity index (χ2v) is 6.93. The van der Waals surface area contributed by atoms with Crippen molar-refractivity contribution in [3.8, 4) is 6.07 Å². The Labute approximate surface area is 121 Å². The second-order valence-electron chi connectivity index (χ2n) is 6.93. The molecule has 0 aliphatic heterocycles. The molecule has 1 aliphatic rings. The van der Waals surface area contributed by atoms with E-state index in [1.165, 1.54) is 11.1 Å². The molecule has 1 fully saturated rings. The molecule has 1 aromatic rings. The van der Waals surface area contributed by atoms with Crippen LogP contribution in [-0.2, 0) is 11.2 Å². The highest BCUT2D eigenvalue weighted by molar-refractivity contribution is 5.93. The highest BCUT2D eigenvalue weighted by Crippen LogP contribution is 2.44. The van der Waals surface area contributed by atoms with Gasteiger partial charge in [-0.15, -0.1) is 0 Å². The van der Waals surface area contributed by atoms with Crippen molar-refractivity contribution >= 4 is 5.78 Å². The first-order chi connectivity index (χ1) is 9.29. The molecule has 1 saturated carbocycles. The summed E-state index contributed by atoms with van der Waals surface area (Å²) < 4.78 is 0. The molecule has 1 atom stereocenters. The van der Waals surface area contributed by atoms with Crippen LogP contribution in [-0.4, -0.2) is 5.78 Å². The number of aryl methyl sites for hydroxylation is 2. The quantitative estimate of drug-likeness (QED) is 0.809. The van der Waals surface area contributed by atoms with E-state index in [1.54, 1.807) is 0 Å². The lowest BCUT2D eigenvalue weighted by molar-refractivity contribution is -0.138. The number of Topliss-reactive ketones (excluding diaryl/α,β-unsaturated/α-hetero) is 1. The Morgan fingerprint density at radius 3 is 2.30 bits per heavy atom. The summed E-state index contributed by atoms with van der Waals surface area (Å²) in [4.78, 5) is 12.8. The van der Waals surface area contributed by atoms with Gasteiger partial charge >= 0.3 is 0 Å². The van der Waals surface area contributed by atoms with Crippen molar-refractivity contribution in [3.05, 3.63) is 34.9 Å². The van der Waals surface area contributed by atoms with Gasteiger partial charge in [0.1, 0.15) is 5.41 Å². The van der Waals surface area contributed by atoms with Gasteiger partial charge in [0, 0.05) is 5.41 Å². The van der Waals surface area contributed by atoms with Crippen LogP contribution in [0.5, 0.6) is 0 Å². The SMILES string of the molecule is Cc1cc(C)cc(CC2(C#N)CCCC(C)(C)C2=O)c1. The van der Waals surface area contributed by atoms with E-state index < -0.39 is 5.41 Å². The van der Waals surface area contributed by atoms with E-state index in [-0.39, 0.29) is 11.2 Å². The second kappa shape index (κ2) is 5.05. The van der Waals surface area contributed by atoms with Crippen LogP contribution in [0.4, 0.5) is 0 Å². The standard InChI is InChI=1S/C18H23NO/c1-13-8-14(2)10-15(9-13)11-18(12-19)7-5-6-17(3,4)16(18)20/h8-10H,5-7,11H2,1-4H3. The molecule has 1 aromatic carbocycles. The Balaban J connectivity index is 2.37. The van der Waals surface area contributed by atoms with Gasteiger partial charge in [-0.2, -0.15) is 5.26 Å². The van der Waals surface area contributed by atoms with Gasteiger partial charge in [-0.05, 0) is 38.7 Å². The maximum Gasteiger partial charge on any atom is 0.158 e. The van der Waals surface area contributed by atoms with Gasteiger partial charge in [-0.1, -0.05) is 49.6 Å². The van der Waals surface area contributed by atoms with Crippen LogP contribution in [0, 0.1) is 36.0 Å². The monoisotopic (exact) mass is 269 g/mol. The van der Waals surface area contributed by atoms with Crippen LogP contribution in [0.1, 0.15) is 49.8 Å². The fourth-order valence-corrected chi connectivity index (χ4v) is 3.54. The number of benzene rings is 1. The number of carbonyl (C=O) groups is 1. The summed E-state index contributed by atoms with van der Waals surface area (Å²) in [5, 5.41) is 9.67. The van der Waals surface area contributed by atoms with Gasteiger partial charge in [0.05, 0.1) is 6.07 Å². The number of carbonyl (C=O) groups excluding carboxylic acids is 1. The summed E-state index contributed by atoms with van der Waals surface area (Å²) >= 11 is 0. The first-order valence-electron chi connectivity index (χ1n) is 7.32. The lowest BCUT2D eigenvalue weighted by Gasteiger charge is -2.39. The number of nitrogens with zero attached hydrogens (tertiary/aromatic N) is 1. The molecule has 2 heteroatoms. The van der Waals surface area contributed by atoms with Crippen LogP contribution in [0.15, 0.2) is 18.2 Å². The highest BCUT2D eigenvalue weighted by atomic mass is 16.1. The van der Waals surface area contributed by atoms with Gasteiger partial charge in [0.2, 0.25) is 0 Å². The molecular formula is C18H23NO. The normalized spacial score (nSPS) is 25.2. The number of hydrogen-bond donors (Lipinski definition) is 0. The summed E-state index contributed by atoms with van der Waals surface area (Å²) in [7, 11) is 0. The Kier molecular flexibility index (Phi) is 3.73. The van der Waals surface area contributed by atoms with Crippen molar-refractivity contribution in [2.45, 2.75) is 53.4 Å². The predicted octanol–water partition coefficient (Wildman–Crippen LogP) is 4.14. The lowest BCUT2D eigenvalue weighted by atomic mass is 9.61. The lowest BCUT2D eigenvalue weighted by Crippen LogP contribution is -2.45. The zero-order valence-electron chi connectivity index (χ0n) is 12.9. The topological polar surface area (TPSA) is 40.9 Å². The molecule has 1 unspecified atom stereocenters. The third-order valence-electron chi connectivity index (χ3n) is 4.46. The molecule has 0 aromatic heterocycles. The fourth-order valence-electron chi connectivity index (χ4n) is 3.54. The molecule has 0 bridgehead atoms. The molecule has 0 N–H and O–H groups in total. The van der Waals surface area contributed by atoms with Gasteiger partial charge in [0.25, 0.3) is 0 Å². The van der Waals surface area contributed by atoms with Crippen LogP contribution in [0.25, 0.3) is 0 Å². The molecule has 0 saturated heterocycles. The molecular weight excluding hydrogens is 246 g/mol. The van der Waals surface area contributed by atoms with E-state index in [0.29, 0.717) is 12.8 Å². The maximum absolute atomic E-state index is 12.8. The summed E-state index contributed by atoms with van der Waals surface area (Å²) in [6, 6.07) is 8.68. The van der Waals surface area contributed by atoms with Crippen molar-refractivity contribution < 1.29 is 4.79 Å². The van der Waals surface area contributed by atoms with E-state index >= 15 is 0 Å². The zero-order chi connectivity index (χ0) is 15.0. The minimum Gasteiger partial charge on any atom is -0.297 e. The molecule has 1 aliphatic carbocycles. The average Bonchev–Trinajstić information content (AvgIpc) is 2.34. The Morgan fingerprint density at radius 2 is 1.75 bits per heavy atom. The van der Waals surface area contributed by atoms with Crippen LogP contribution in [0.2, 0.25) is 0 Å². The summed E-state index contributed by atoms with van der Waals surface area (Å²) in [5.41, 5.74) is 2.29. The van der Waals surface area contributed by atoms with Crippen molar-refractivity contribution in [2.75, 3.05) is 0 Å². The van der Waals surface area contributed by atoms with E-state index in [1.807, 2.05) is 13.8 Å². The molecule has 20 heavy (non-hydrogen) atoms. The Hall–Kier alpha value is -1.62. The van der Waals surface area contributed by atoms with Crippen molar-refractivity contribution in [1.82, 2.24) is 0 Å².